The molecule has 0 radical (unpaired) electrons. The van der Waals surface area contributed by atoms with E-state index >= 15 is 0 Å². The van der Waals surface area contributed by atoms with E-state index in [0.29, 0.717) is 0 Å². The van der Waals surface area contributed by atoms with Gasteiger partial charge in [0.1, 0.15) is 0 Å². The number of piperidine rings is 2. The van der Waals surface area contributed by atoms with E-state index < -0.39 is 0 Å². The van der Waals surface area contributed by atoms with Crippen LogP contribution in [-0.2, 0) is 6.42 Å². The van der Waals surface area contributed by atoms with E-state index in [1.165, 1.54) is 92.8 Å². The summed E-state index contributed by atoms with van der Waals surface area (Å²) in [6.07, 6.45) is 9.16. The van der Waals surface area contributed by atoms with Crippen molar-refractivity contribution in [3.05, 3.63) is 59.2 Å². The van der Waals surface area contributed by atoms with Crippen LogP contribution in [0.5, 0.6) is 0 Å². The zero-order chi connectivity index (χ0) is 17.8. The first-order valence-electron chi connectivity index (χ1n) is 10.5. The number of nitrogens with zero attached hydrogens (tertiary/aromatic N) is 2. The minimum Gasteiger partial charge on any atom is -0.372 e. The Bertz CT molecular complexity index is 707. The highest BCUT2D eigenvalue weighted by molar-refractivity contribution is 5.53. The maximum absolute atomic E-state index is 2.55. The maximum atomic E-state index is 2.55. The summed E-state index contributed by atoms with van der Waals surface area (Å²) in [7, 11) is 0. The maximum Gasteiger partial charge on any atom is 0.0369 e. The Balaban J connectivity index is 1.43. The summed E-state index contributed by atoms with van der Waals surface area (Å²) in [5, 5.41) is 0. The van der Waals surface area contributed by atoms with E-state index in [2.05, 4.69) is 59.2 Å². The Morgan fingerprint density at radius 2 is 1.19 bits per heavy atom. The smallest absolute Gasteiger partial charge is 0.0369 e. The summed E-state index contributed by atoms with van der Waals surface area (Å²) in [5.41, 5.74) is 7.10. The molecule has 4 rings (SSSR count). The van der Waals surface area contributed by atoms with E-state index in [0.717, 1.165) is 6.42 Å². The molecule has 2 saturated heterocycles. The number of benzene rings is 2. The Hall–Kier alpha value is -1.96. The van der Waals surface area contributed by atoms with Gasteiger partial charge in [0.05, 0.1) is 0 Å². The van der Waals surface area contributed by atoms with Gasteiger partial charge in [0.15, 0.2) is 0 Å². The molecular formula is C24H32N2. The van der Waals surface area contributed by atoms with Crippen LogP contribution >= 0.6 is 0 Å². The largest absolute Gasteiger partial charge is 0.372 e. The molecule has 2 fully saturated rings. The van der Waals surface area contributed by atoms with Crippen molar-refractivity contribution in [3.8, 4) is 0 Å². The van der Waals surface area contributed by atoms with Gasteiger partial charge in [-0.25, -0.2) is 0 Å². The van der Waals surface area contributed by atoms with Crippen LogP contribution in [0.1, 0.15) is 55.2 Å². The molecule has 0 aromatic heterocycles. The van der Waals surface area contributed by atoms with Gasteiger partial charge in [-0.05, 0) is 92.8 Å². The molecule has 2 aromatic carbocycles. The lowest BCUT2D eigenvalue weighted by Gasteiger charge is -2.29. The molecule has 0 aliphatic carbocycles. The van der Waals surface area contributed by atoms with Crippen LogP contribution in [0.25, 0.3) is 0 Å². The van der Waals surface area contributed by atoms with Gasteiger partial charge in [-0.3, -0.25) is 0 Å². The predicted octanol–water partition coefficient (Wildman–Crippen LogP) is 5.57. The van der Waals surface area contributed by atoms with E-state index in [-0.39, 0.29) is 0 Å². The topological polar surface area (TPSA) is 6.48 Å². The second-order valence-corrected chi connectivity index (χ2v) is 8.05. The Labute approximate surface area is 158 Å². The van der Waals surface area contributed by atoms with Gasteiger partial charge >= 0.3 is 0 Å². The van der Waals surface area contributed by atoms with E-state index in [9.17, 15) is 0 Å². The van der Waals surface area contributed by atoms with Crippen molar-refractivity contribution in [1.29, 1.82) is 0 Å². The molecule has 0 bridgehead atoms. The zero-order valence-corrected chi connectivity index (χ0v) is 16.2. The van der Waals surface area contributed by atoms with Crippen molar-refractivity contribution in [2.24, 2.45) is 0 Å². The molecule has 2 aliphatic heterocycles. The third kappa shape index (κ3) is 4.06. The van der Waals surface area contributed by atoms with Crippen LogP contribution in [0, 0.1) is 6.92 Å². The number of hydrogen-bond acceptors (Lipinski definition) is 2. The minimum absolute atomic E-state index is 1.03. The molecule has 2 heteroatoms. The highest BCUT2D eigenvalue weighted by Gasteiger charge is 2.13. The summed E-state index contributed by atoms with van der Waals surface area (Å²) in [6.45, 7) is 7.14. The fraction of sp³-hybridized carbons (Fsp3) is 0.500. The highest BCUT2D eigenvalue weighted by atomic mass is 15.1. The van der Waals surface area contributed by atoms with Crippen molar-refractivity contribution in [2.45, 2.75) is 51.9 Å². The van der Waals surface area contributed by atoms with Crippen LogP contribution in [0.15, 0.2) is 42.5 Å². The summed E-state index contributed by atoms with van der Waals surface area (Å²) < 4.78 is 0. The SMILES string of the molecule is Cc1cc(N2CCCCC2)ccc1Cc1ccc(N2CCCCC2)cc1. The Morgan fingerprint density at radius 3 is 1.77 bits per heavy atom. The standard InChI is InChI=1S/C24H32N2/c1-20-18-24(26-16-6-3-7-17-26)13-10-22(20)19-21-8-11-23(12-9-21)25-14-4-2-5-15-25/h8-13,18H,2-7,14-17,19H2,1H3. The summed E-state index contributed by atoms with van der Waals surface area (Å²) in [5.74, 6) is 0. The first-order valence-corrected chi connectivity index (χ1v) is 10.5. The average molecular weight is 349 g/mol. The van der Waals surface area contributed by atoms with Crippen molar-refractivity contribution >= 4 is 11.4 Å². The molecule has 138 valence electrons. The van der Waals surface area contributed by atoms with Crippen LogP contribution in [0.3, 0.4) is 0 Å². The quantitative estimate of drug-likeness (QED) is 0.713. The molecule has 2 nitrogen and oxygen atoms in total. The van der Waals surface area contributed by atoms with Crippen LogP contribution in [0.4, 0.5) is 11.4 Å². The fourth-order valence-electron chi connectivity index (χ4n) is 4.42. The Kier molecular flexibility index (Phi) is 5.48. The van der Waals surface area contributed by atoms with Crippen LogP contribution in [-0.4, -0.2) is 26.2 Å². The number of rotatable bonds is 4. The second kappa shape index (κ2) is 8.16. The number of anilines is 2. The van der Waals surface area contributed by atoms with E-state index in [1.807, 2.05) is 0 Å². The lowest BCUT2D eigenvalue weighted by atomic mass is 9.99. The van der Waals surface area contributed by atoms with Gasteiger partial charge < -0.3 is 9.80 Å². The molecule has 2 aromatic rings. The van der Waals surface area contributed by atoms with E-state index in [1.54, 1.807) is 0 Å². The second-order valence-electron chi connectivity index (χ2n) is 8.05. The first-order chi connectivity index (χ1) is 12.8. The fourth-order valence-corrected chi connectivity index (χ4v) is 4.42. The molecule has 0 unspecified atom stereocenters. The molecular weight excluding hydrogens is 316 g/mol. The monoisotopic (exact) mass is 348 g/mol. The predicted molar refractivity (Wildman–Crippen MR) is 113 cm³/mol. The normalized spacial score (nSPS) is 18.2. The Morgan fingerprint density at radius 1 is 0.654 bits per heavy atom. The van der Waals surface area contributed by atoms with Crippen molar-refractivity contribution < 1.29 is 0 Å². The molecule has 0 spiro atoms. The van der Waals surface area contributed by atoms with Crippen molar-refractivity contribution in [3.63, 3.8) is 0 Å². The van der Waals surface area contributed by atoms with Gasteiger partial charge in [-0.15, -0.1) is 0 Å². The van der Waals surface area contributed by atoms with Gasteiger partial charge in [-0.1, -0.05) is 18.2 Å². The van der Waals surface area contributed by atoms with Gasteiger partial charge in [0.25, 0.3) is 0 Å². The molecule has 26 heavy (non-hydrogen) atoms. The molecule has 0 atom stereocenters. The summed E-state index contributed by atoms with van der Waals surface area (Å²) in [4.78, 5) is 5.08. The summed E-state index contributed by atoms with van der Waals surface area (Å²) >= 11 is 0. The van der Waals surface area contributed by atoms with E-state index in [4.69, 9.17) is 0 Å². The zero-order valence-electron chi connectivity index (χ0n) is 16.2. The highest BCUT2D eigenvalue weighted by Crippen LogP contribution is 2.25. The molecule has 0 N–H and O–H groups in total. The molecule has 0 amide bonds. The van der Waals surface area contributed by atoms with Crippen LogP contribution < -0.4 is 9.80 Å². The van der Waals surface area contributed by atoms with Crippen molar-refractivity contribution in [2.75, 3.05) is 36.0 Å². The van der Waals surface area contributed by atoms with Crippen molar-refractivity contribution in [1.82, 2.24) is 0 Å². The molecule has 2 heterocycles. The number of aryl methyl sites for hydroxylation is 1. The van der Waals surface area contributed by atoms with Gasteiger partial charge in [-0.2, -0.15) is 0 Å². The van der Waals surface area contributed by atoms with Gasteiger partial charge in [0.2, 0.25) is 0 Å². The third-order valence-corrected chi connectivity index (χ3v) is 6.10. The number of hydrogen-bond donors (Lipinski definition) is 0. The first kappa shape index (κ1) is 17.5. The lowest BCUT2D eigenvalue weighted by Crippen LogP contribution is -2.29. The average Bonchev–Trinajstić information content (AvgIpc) is 2.71. The molecule has 2 aliphatic rings. The van der Waals surface area contributed by atoms with Gasteiger partial charge in [0, 0.05) is 37.6 Å². The lowest BCUT2D eigenvalue weighted by molar-refractivity contribution is 0.577. The minimum atomic E-state index is 1.03. The third-order valence-electron chi connectivity index (χ3n) is 6.10. The van der Waals surface area contributed by atoms with Crippen LogP contribution in [0.2, 0.25) is 0 Å². The molecule has 0 saturated carbocycles. The summed E-state index contributed by atoms with van der Waals surface area (Å²) in [6, 6.07) is 16.3.